The van der Waals surface area contributed by atoms with Crippen molar-refractivity contribution < 1.29 is 13.9 Å². The molecular weight excluding hydrogens is 384 g/mol. The maximum absolute atomic E-state index is 14.2. The molecule has 1 aliphatic rings. The van der Waals surface area contributed by atoms with E-state index in [0.29, 0.717) is 5.69 Å². The van der Waals surface area contributed by atoms with Crippen LogP contribution in [-0.2, 0) is 5.41 Å². The van der Waals surface area contributed by atoms with Gasteiger partial charge in [-0.15, -0.1) is 0 Å². The largest absolute Gasteiger partial charge is 0.503 e. The topological polar surface area (TPSA) is 61.5 Å². The Balaban J connectivity index is 1.45. The highest BCUT2D eigenvalue weighted by molar-refractivity contribution is 5.75. The molecule has 3 aromatic carbocycles. The van der Waals surface area contributed by atoms with Crippen LogP contribution in [0.25, 0.3) is 0 Å². The number of phenols is 1. The molecule has 1 saturated heterocycles. The third-order valence-corrected chi connectivity index (χ3v) is 6.06. The summed E-state index contributed by atoms with van der Waals surface area (Å²) >= 11 is 0. The molecule has 0 saturated carbocycles. The third-order valence-electron chi connectivity index (χ3n) is 6.06. The summed E-state index contributed by atoms with van der Waals surface area (Å²) in [5.41, 5.74) is 8.70. The number of rotatable bonds is 4. The molecule has 0 bridgehead atoms. The van der Waals surface area contributed by atoms with Gasteiger partial charge in [-0.1, -0.05) is 37.3 Å². The molecule has 0 aromatic heterocycles. The molecule has 0 unspecified atom stereocenters. The van der Waals surface area contributed by atoms with E-state index in [0.717, 1.165) is 37.7 Å². The number of piperidine rings is 1. The molecule has 1 fully saturated rings. The molecule has 0 aliphatic carbocycles. The maximum atomic E-state index is 14.2. The van der Waals surface area contributed by atoms with E-state index in [1.807, 2.05) is 30.3 Å². The van der Waals surface area contributed by atoms with Crippen molar-refractivity contribution in [3.63, 3.8) is 0 Å². The van der Waals surface area contributed by atoms with E-state index >= 15 is 0 Å². The summed E-state index contributed by atoms with van der Waals surface area (Å²) in [6, 6.07) is 19.1. The van der Waals surface area contributed by atoms with Gasteiger partial charge in [0.25, 0.3) is 0 Å². The lowest BCUT2D eigenvalue weighted by Crippen LogP contribution is -2.41. The smallest absolute Gasteiger partial charge is 0.193 e. The molecule has 1 aliphatic heterocycles. The Morgan fingerprint density at radius 2 is 1.63 bits per heavy atom. The molecule has 30 heavy (non-hydrogen) atoms. The number of phenolic OH excluding ortho intramolecular Hbond substituents is 1. The maximum Gasteiger partial charge on any atom is 0.193 e. The average Bonchev–Trinajstić information content (AvgIpc) is 2.77. The standard InChI is InChI=1S/C24H25F2N3O/c1-24(16-5-3-2-4-6-16)11-13-29(14-12-24)18-9-7-17(8-10-18)28-22-20(27)15-19(25)23(30)21(22)26/h2-10,15,28,30H,11-14,27H2,1H3. The zero-order valence-electron chi connectivity index (χ0n) is 16.8. The van der Waals surface area contributed by atoms with Crippen LogP contribution >= 0.6 is 0 Å². The Morgan fingerprint density at radius 1 is 1.00 bits per heavy atom. The Labute approximate surface area is 175 Å². The van der Waals surface area contributed by atoms with Gasteiger partial charge in [0, 0.05) is 30.5 Å². The fourth-order valence-corrected chi connectivity index (χ4v) is 4.04. The lowest BCUT2D eigenvalue weighted by atomic mass is 9.74. The van der Waals surface area contributed by atoms with Gasteiger partial charge in [0.15, 0.2) is 17.4 Å². The van der Waals surface area contributed by atoms with Crippen molar-refractivity contribution in [2.45, 2.75) is 25.2 Å². The van der Waals surface area contributed by atoms with Gasteiger partial charge in [-0.05, 0) is 48.1 Å². The van der Waals surface area contributed by atoms with Crippen molar-refractivity contribution in [2.24, 2.45) is 0 Å². The molecule has 1 heterocycles. The van der Waals surface area contributed by atoms with E-state index in [1.165, 1.54) is 5.56 Å². The van der Waals surface area contributed by atoms with Crippen LogP contribution in [0.1, 0.15) is 25.3 Å². The van der Waals surface area contributed by atoms with Gasteiger partial charge in [0.1, 0.15) is 5.69 Å². The van der Waals surface area contributed by atoms with Gasteiger partial charge in [-0.3, -0.25) is 0 Å². The van der Waals surface area contributed by atoms with Crippen LogP contribution in [0.4, 0.5) is 31.5 Å². The summed E-state index contributed by atoms with van der Waals surface area (Å²) in [6.45, 7) is 4.22. The lowest BCUT2D eigenvalue weighted by Gasteiger charge is -2.41. The van der Waals surface area contributed by atoms with Gasteiger partial charge in [-0.2, -0.15) is 0 Å². The third kappa shape index (κ3) is 3.77. The molecule has 4 N–H and O–H groups in total. The molecule has 156 valence electrons. The summed E-state index contributed by atoms with van der Waals surface area (Å²) in [5, 5.41) is 12.3. The number of nitrogen functional groups attached to an aromatic ring is 1. The second-order valence-electron chi connectivity index (χ2n) is 8.07. The SMILES string of the molecule is CC1(c2ccccc2)CCN(c2ccc(Nc3c(N)cc(F)c(O)c3F)cc2)CC1. The van der Waals surface area contributed by atoms with Crippen LogP contribution in [0.5, 0.6) is 5.75 Å². The molecule has 0 atom stereocenters. The molecule has 0 radical (unpaired) electrons. The number of hydrogen-bond acceptors (Lipinski definition) is 4. The summed E-state index contributed by atoms with van der Waals surface area (Å²) in [6.07, 6.45) is 2.13. The molecule has 0 spiro atoms. The molecule has 0 amide bonds. The first-order chi connectivity index (χ1) is 14.4. The quantitative estimate of drug-likeness (QED) is 0.390. The Kier molecular flexibility index (Phi) is 5.24. The van der Waals surface area contributed by atoms with Gasteiger partial charge >= 0.3 is 0 Å². The number of aromatic hydroxyl groups is 1. The zero-order valence-corrected chi connectivity index (χ0v) is 16.8. The zero-order chi connectivity index (χ0) is 21.3. The van der Waals surface area contributed by atoms with Crippen LogP contribution < -0.4 is 16.0 Å². The van der Waals surface area contributed by atoms with Crippen molar-refractivity contribution in [3.05, 3.63) is 77.9 Å². The van der Waals surface area contributed by atoms with Crippen molar-refractivity contribution in [1.82, 2.24) is 0 Å². The number of nitrogens with two attached hydrogens (primary N) is 1. The van der Waals surface area contributed by atoms with Crippen molar-refractivity contribution in [1.29, 1.82) is 0 Å². The lowest BCUT2D eigenvalue weighted by molar-refractivity contribution is 0.362. The number of hydrogen-bond donors (Lipinski definition) is 3. The molecule has 4 nitrogen and oxygen atoms in total. The van der Waals surface area contributed by atoms with Crippen LogP contribution in [0.3, 0.4) is 0 Å². The summed E-state index contributed by atoms with van der Waals surface area (Å²) in [7, 11) is 0. The number of anilines is 4. The fourth-order valence-electron chi connectivity index (χ4n) is 4.04. The first-order valence-electron chi connectivity index (χ1n) is 10.0. The monoisotopic (exact) mass is 409 g/mol. The van der Waals surface area contributed by atoms with E-state index < -0.39 is 17.4 Å². The van der Waals surface area contributed by atoms with Crippen LogP contribution in [-0.4, -0.2) is 18.2 Å². The highest BCUT2D eigenvalue weighted by atomic mass is 19.1. The van der Waals surface area contributed by atoms with Crippen LogP contribution in [0.15, 0.2) is 60.7 Å². The van der Waals surface area contributed by atoms with E-state index in [1.54, 1.807) is 0 Å². The van der Waals surface area contributed by atoms with Crippen LogP contribution in [0, 0.1) is 11.6 Å². The van der Waals surface area contributed by atoms with E-state index in [2.05, 4.69) is 41.4 Å². The number of nitrogens with one attached hydrogen (secondary N) is 1. The minimum Gasteiger partial charge on any atom is -0.503 e. The second kappa shape index (κ2) is 7.86. The van der Waals surface area contributed by atoms with Gasteiger partial charge < -0.3 is 21.1 Å². The van der Waals surface area contributed by atoms with E-state index in [-0.39, 0.29) is 16.8 Å². The molecular formula is C24H25F2N3O. The van der Waals surface area contributed by atoms with E-state index in [4.69, 9.17) is 5.73 Å². The first-order valence-corrected chi connectivity index (χ1v) is 10.0. The predicted molar refractivity (Wildman–Crippen MR) is 117 cm³/mol. The highest BCUT2D eigenvalue weighted by Crippen LogP contribution is 2.37. The minimum atomic E-state index is -1.10. The van der Waals surface area contributed by atoms with E-state index in [9.17, 15) is 13.9 Å². The Bertz CT molecular complexity index is 1030. The van der Waals surface area contributed by atoms with Gasteiger partial charge in [0.2, 0.25) is 0 Å². The summed E-state index contributed by atoms with van der Waals surface area (Å²) < 4.78 is 27.5. The van der Waals surface area contributed by atoms with Crippen molar-refractivity contribution in [2.75, 3.05) is 29.0 Å². The summed E-state index contributed by atoms with van der Waals surface area (Å²) in [5.74, 6) is -3.23. The van der Waals surface area contributed by atoms with Crippen molar-refractivity contribution in [3.8, 4) is 5.75 Å². The second-order valence-corrected chi connectivity index (χ2v) is 8.07. The fraction of sp³-hybridized carbons (Fsp3) is 0.250. The molecule has 4 rings (SSSR count). The average molecular weight is 409 g/mol. The number of halogens is 2. The molecule has 6 heteroatoms. The van der Waals surface area contributed by atoms with Gasteiger partial charge in [-0.25, -0.2) is 8.78 Å². The highest BCUT2D eigenvalue weighted by Gasteiger charge is 2.31. The number of nitrogens with zero attached hydrogens (tertiary/aromatic N) is 1. The normalized spacial score (nSPS) is 15.8. The van der Waals surface area contributed by atoms with Crippen molar-refractivity contribution >= 4 is 22.7 Å². The predicted octanol–water partition coefficient (Wildman–Crippen LogP) is 5.55. The summed E-state index contributed by atoms with van der Waals surface area (Å²) in [4.78, 5) is 2.34. The van der Waals surface area contributed by atoms with Gasteiger partial charge in [0.05, 0.1) is 5.69 Å². The number of benzene rings is 3. The Morgan fingerprint density at radius 3 is 2.27 bits per heavy atom. The first kappa shape index (κ1) is 20.0. The Hall–Kier alpha value is -3.28. The molecule has 3 aromatic rings. The minimum absolute atomic E-state index is 0.108. The van der Waals surface area contributed by atoms with Crippen LogP contribution in [0.2, 0.25) is 0 Å².